The van der Waals surface area contributed by atoms with Crippen molar-refractivity contribution in [2.75, 3.05) is 13.1 Å². The number of nitrogens with zero attached hydrogens (tertiary/aromatic N) is 1. The van der Waals surface area contributed by atoms with E-state index in [9.17, 15) is 4.79 Å². The first-order chi connectivity index (χ1) is 7.65. The number of carboxylic acids is 1. The number of carboxylic acid groups (broad SMARTS) is 1. The van der Waals surface area contributed by atoms with Gasteiger partial charge in [-0.15, -0.1) is 0 Å². The first-order valence-corrected chi connectivity index (χ1v) is 6.10. The lowest BCUT2D eigenvalue weighted by atomic mass is 10.3. The summed E-state index contributed by atoms with van der Waals surface area (Å²) >= 11 is 3.38. The quantitative estimate of drug-likeness (QED) is 0.873. The van der Waals surface area contributed by atoms with Crippen molar-refractivity contribution in [1.29, 1.82) is 0 Å². The Labute approximate surface area is 102 Å². The van der Waals surface area contributed by atoms with E-state index in [4.69, 9.17) is 9.52 Å². The summed E-state index contributed by atoms with van der Waals surface area (Å²) in [5, 5.41) is 8.83. The molecular weight excluding hydrogens is 274 g/mol. The Balaban J connectivity index is 1.94. The van der Waals surface area contributed by atoms with E-state index in [1.807, 2.05) is 11.0 Å². The number of hydrogen-bond acceptors (Lipinski definition) is 3. The second-order valence-corrected chi connectivity index (χ2v) is 5.05. The number of carbonyl (C=O) groups is 1. The number of aliphatic carboxylic acids is 1. The van der Waals surface area contributed by atoms with E-state index in [0.29, 0.717) is 12.5 Å². The Morgan fingerprint density at radius 2 is 2.38 bits per heavy atom. The van der Waals surface area contributed by atoms with E-state index in [2.05, 4.69) is 15.9 Å². The second-order valence-electron chi connectivity index (χ2n) is 4.20. The van der Waals surface area contributed by atoms with Crippen LogP contribution in [0.15, 0.2) is 21.2 Å². The minimum atomic E-state index is -0.789. The standard InChI is InChI=1S/C11H14BrNO3/c12-9-3-4-16-10(9)6-13(7-11(14)15)5-8-1-2-8/h3-4,8H,1-2,5-7H2,(H,14,15). The van der Waals surface area contributed by atoms with Crippen LogP contribution in [0.4, 0.5) is 0 Å². The lowest BCUT2D eigenvalue weighted by Crippen LogP contribution is -2.31. The third-order valence-corrected chi connectivity index (χ3v) is 3.34. The Hall–Kier alpha value is -0.810. The maximum absolute atomic E-state index is 10.7. The van der Waals surface area contributed by atoms with Crippen molar-refractivity contribution in [3.63, 3.8) is 0 Å². The molecule has 0 spiro atoms. The molecule has 0 unspecified atom stereocenters. The molecule has 1 aromatic heterocycles. The Kier molecular flexibility index (Phi) is 3.66. The predicted molar refractivity (Wildman–Crippen MR) is 62.0 cm³/mol. The van der Waals surface area contributed by atoms with Crippen LogP contribution >= 0.6 is 15.9 Å². The molecule has 1 saturated carbocycles. The molecule has 0 amide bonds. The van der Waals surface area contributed by atoms with Crippen LogP contribution in [0.3, 0.4) is 0 Å². The predicted octanol–water partition coefficient (Wildman–Crippen LogP) is 2.34. The molecule has 1 aliphatic rings. The van der Waals surface area contributed by atoms with Crippen LogP contribution in [0.2, 0.25) is 0 Å². The van der Waals surface area contributed by atoms with Gasteiger partial charge in [0.05, 0.1) is 23.8 Å². The molecule has 5 heteroatoms. The van der Waals surface area contributed by atoms with Crippen LogP contribution in [0, 0.1) is 5.92 Å². The summed E-state index contributed by atoms with van der Waals surface area (Å²) in [6.45, 7) is 1.47. The van der Waals surface area contributed by atoms with E-state index in [0.717, 1.165) is 16.8 Å². The van der Waals surface area contributed by atoms with Crippen LogP contribution in [0.5, 0.6) is 0 Å². The van der Waals surface area contributed by atoms with E-state index in [1.54, 1.807) is 6.26 Å². The first kappa shape index (κ1) is 11.7. The van der Waals surface area contributed by atoms with Gasteiger partial charge in [-0.25, -0.2) is 0 Å². The highest BCUT2D eigenvalue weighted by molar-refractivity contribution is 9.10. The fourth-order valence-corrected chi connectivity index (χ4v) is 2.01. The second kappa shape index (κ2) is 5.01. The molecule has 0 bridgehead atoms. The Bertz CT molecular complexity index is 373. The van der Waals surface area contributed by atoms with Crippen molar-refractivity contribution in [2.24, 2.45) is 5.92 Å². The molecule has 88 valence electrons. The highest BCUT2D eigenvalue weighted by Gasteiger charge is 2.26. The molecule has 1 aromatic rings. The molecule has 0 radical (unpaired) electrons. The molecule has 2 rings (SSSR count). The van der Waals surface area contributed by atoms with Crippen molar-refractivity contribution in [3.05, 3.63) is 22.6 Å². The zero-order valence-electron chi connectivity index (χ0n) is 8.86. The molecule has 1 heterocycles. The fraction of sp³-hybridized carbons (Fsp3) is 0.545. The van der Waals surface area contributed by atoms with Crippen LogP contribution < -0.4 is 0 Å². The summed E-state index contributed by atoms with van der Waals surface area (Å²) in [7, 11) is 0. The maximum Gasteiger partial charge on any atom is 0.317 e. The average molecular weight is 288 g/mol. The summed E-state index contributed by atoms with van der Waals surface area (Å²) in [4.78, 5) is 12.7. The van der Waals surface area contributed by atoms with E-state index >= 15 is 0 Å². The molecule has 0 saturated heterocycles. The van der Waals surface area contributed by atoms with E-state index in [1.165, 1.54) is 12.8 Å². The van der Waals surface area contributed by atoms with Gasteiger partial charge in [0.1, 0.15) is 5.76 Å². The molecular formula is C11H14BrNO3. The van der Waals surface area contributed by atoms with Gasteiger partial charge in [0.2, 0.25) is 0 Å². The topological polar surface area (TPSA) is 53.7 Å². The molecule has 0 aromatic carbocycles. The minimum absolute atomic E-state index is 0.0731. The third kappa shape index (κ3) is 3.35. The van der Waals surface area contributed by atoms with Crippen molar-refractivity contribution in [3.8, 4) is 0 Å². The molecule has 0 atom stereocenters. The van der Waals surface area contributed by atoms with E-state index < -0.39 is 5.97 Å². The number of rotatable bonds is 6. The highest BCUT2D eigenvalue weighted by atomic mass is 79.9. The summed E-state index contributed by atoms with van der Waals surface area (Å²) in [6, 6.07) is 1.82. The fourth-order valence-electron chi connectivity index (χ4n) is 1.68. The van der Waals surface area contributed by atoms with Gasteiger partial charge < -0.3 is 9.52 Å². The zero-order valence-corrected chi connectivity index (χ0v) is 10.4. The molecule has 1 fully saturated rings. The van der Waals surface area contributed by atoms with Crippen LogP contribution in [0.1, 0.15) is 18.6 Å². The zero-order chi connectivity index (χ0) is 11.5. The highest BCUT2D eigenvalue weighted by Crippen LogP contribution is 2.30. The minimum Gasteiger partial charge on any atom is -0.480 e. The monoisotopic (exact) mass is 287 g/mol. The molecule has 0 aliphatic heterocycles. The van der Waals surface area contributed by atoms with Crippen molar-refractivity contribution < 1.29 is 14.3 Å². The largest absolute Gasteiger partial charge is 0.480 e. The van der Waals surface area contributed by atoms with Gasteiger partial charge in [-0.2, -0.15) is 0 Å². The average Bonchev–Trinajstić information content (AvgIpc) is 2.91. The third-order valence-electron chi connectivity index (χ3n) is 2.63. The van der Waals surface area contributed by atoms with Crippen LogP contribution in [-0.4, -0.2) is 29.1 Å². The summed E-state index contributed by atoms with van der Waals surface area (Å²) in [6.07, 6.45) is 4.04. The summed E-state index contributed by atoms with van der Waals surface area (Å²) in [5.74, 6) is 0.679. The van der Waals surface area contributed by atoms with Crippen LogP contribution in [-0.2, 0) is 11.3 Å². The van der Waals surface area contributed by atoms with Gasteiger partial charge in [-0.3, -0.25) is 9.69 Å². The Morgan fingerprint density at radius 3 is 2.88 bits per heavy atom. The SMILES string of the molecule is O=C(O)CN(Cc1occc1Br)CC1CC1. The van der Waals surface area contributed by atoms with Crippen molar-refractivity contribution in [1.82, 2.24) is 4.90 Å². The van der Waals surface area contributed by atoms with E-state index in [-0.39, 0.29) is 6.54 Å². The van der Waals surface area contributed by atoms with Crippen LogP contribution in [0.25, 0.3) is 0 Å². The maximum atomic E-state index is 10.7. The molecule has 4 nitrogen and oxygen atoms in total. The number of hydrogen-bond donors (Lipinski definition) is 1. The normalized spacial score (nSPS) is 15.6. The van der Waals surface area contributed by atoms with Gasteiger partial charge >= 0.3 is 5.97 Å². The first-order valence-electron chi connectivity index (χ1n) is 5.31. The van der Waals surface area contributed by atoms with Gasteiger partial charge in [-0.1, -0.05) is 0 Å². The van der Waals surface area contributed by atoms with Crippen molar-refractivity contribution in [2.45, 2.75) is 19.4 Å². The summed E-state index contributed by atoms with van der Waals surface area (Å²) < 4.78 is 6.20. The summed E-state index contributed by atoms with van der Waals surface area (Å²) in [5.41, 5.74) is 0. The number of halogens is 1. The Morgan fingerprint density at radius 1 is 1.62 bits per heavy atom. The number of furan rings is 1. The van der Waals surface area contributed by atoms with Gasteiger partial charge in [-0.05, 0) is 40.8 Å². The van der Waals surface area contributed by atoms with Crippen molar-refractivity contribution >= 4 is 21.9 Å². The molecule has 16 heavy (non-hydrogen) atoms. The van der Waals surface area contributed by atoms with Gasteiger partial charge in [0.25, 0.3) is 0 Å². The van der Waals surface area contributed by atoms with Gasteiger partial charge in [0.15, 0.2) is 0 Å². The lowest BCUT2D eigenvalue weighted by Gasteiger charge is -2.18. The molecule has 1 aliphatic carbocycles. The lowest BCUT2D eigenvalue weighted by molar-refractivity contribution is -0.138. The smallest absolute Gasteiger partial charge is 0.317 e. The van der Waals surface area contributed by atoms with Gasteiger partial charge in [0, 0.05) is 6.54 Å². The molecule has 1 N–H and O–H groups in total.